The van der Waals surface area contributed by atoms with Gasteiger partial charge in [0.1, 0.15) is 29.9 Å². The fourth-order valence-corrected chi connectivity index (χ4v) is 6.07. The van der Waals surface area contributed by atoms with Gasteiger partial charge in [0.05, 0.1) is 60.4 Å². The highest BCUT2D eigenvalue weighted by Crippen LogP contribution is 2.30. The molecule has 0 saturated carbocycles. The SMILES string of the molecule is O=C(O)c1ccc2nc(Cc3cc(F)c(-c4cccc(OCc5ccc(-c6cnn(C7COC7)c6)cc5F)n4)cc3F)n(C[C@@H]3CCO3)c2c1. The number of hydrogen-bond acceptors (Lipinski definition) is 7. The Hall–Kier alpha value is -5.53. The molecule has 0 bridgehead atoms. The van der Waals surface area contributed by atoms with Crippen molar-refractivity contribution in [3.8, 4) is 28.3 Å². The van der Waals surface area contributed by atoms with E-state index in [1.165, 1.54) is 24.3 Å². The number of fused-ring (bicyclic) bond motifs is 1. The average Bonchev–Trinajstić information content (AvgIpc) is 3.67. The molecule has 2 aliphatic rings. The molecular formula is C37H30F3N5O5. The van der Waals surface area contributed by atoms with Crippen LogP contribution in [0, 0.1) is 17.5 Å². The molecule has 50 heavy (non-hydrogen) atoms. The van der Waals surface area contributed by atoms with Gasteiger partial charge in [0.25, 0.3) is 0 Å². The normalized spacial score (nSPS) is 15.9. The Kier molecular flexibility index (Phi) is 8.29. The summed E-state index contributed by atoms with van der Waals surface area (Å²) in [4.78, 5) is 20.6. The highest BCUT2D eigenvalue weighted by molar-refractivity contribution is 5.92. The van der Waals surface area contributed by atoms with Crippen molar-refractivity contribution < 1.29 is 37.3 Å². The number of nitrogens with zero attached hydrogens (tertiary/aromatic N) is 5. The van der Waals surface area contributed by atoms with E-state index in [0.29, 0.717) is 54.4 Å². The second-order valence-corrected chi connectivity index (χ2v) is 12.4. The summed E-state index contributed by atoms with van der Waals surface area (Å²) in [7, 11) is 0. The lowest BCUT2D eigenvalue weighted by Crippen LogP contribution is -2.31. The summed E-state index contributed by atoms with van der Waals surface area (Å²) in [6, 6.07) is 16.5. The lowest BCUT2D eigenvalue weighted by molar-refractivity contribution is -0.0589. The number of rotatable bonds is 11. The number of halogens is 3. The number of benzene rings is 3. The molecule has 0 aliphatic carbocycles. The molecule has 254 valence electrons. The summed E-state index contributed by atoms with van der Waals surface area (Å²) in [6.07, 6.45) is 4.27. The molecule has 2 saturated heterocycles. The van der Waals surface area contributed by atoms with E-state index in [2.05, 4.69) is 15.1 Å². The van der Waals surface area contributed by atoms with Crippen LogP contribution in [0.4, 0.5) is 13.2 Å². The van der Waals surface area contributed by atoms with E-state index in [4.69, 9.17) is 14.2 Å². The van der Waals surface area contributed by atoms with Crippen LogP contribution in [-0.2, 0) is 29.0 Å². The predicted octanol–water partition coefficient (Wildman–Crippen LogP) is 6.61. The summed E-state index contributed by atoms with van der Waals surface area (Å²) in [6.45, 7) is 2.12. The first kappa shape index (κ1) is 31.7. The van der Waals surface area contributed by atoms with E-state index in [-0.39, 0.29) is 53.4 Å². The quantitative estimate of drug-likeness (QED) is 0.163. The second kappa shape index (κ2) is 13.1. The number of hydrogen-bond donors (Lipinski definition) is 1. The van der Waals surface area contributed by atoms with E-state index < -0.39 is 23.4 Å². The van der Waals surface area contributed by atoms with Crippen molar-refractivity contribution in [2.24, 2.45) is 0 Å². The van der Waals surface area contributed by atoms with Crippen LogP contribution >= 0.6 is 0 Å². The Bertz CT molecular complexity index is 2240. The number of aromatic nitrogens is 5. The molecule has 2 aliphatic heterocycles. The molecule has 0 radical (unpaired) electrons. The molecule has 3 aromatic carbocycles. The monoisotopic (exact) mass is 681 g/mol. The Morgan fingerprint density at radius 3 is 2.52 bits per heavy atom. The maximum Gasteiger partial charge on any atom is 0.335 e. The summed E-state index contributed by atoms with van der Waals surface area (Å²) >= 11 is 0. The lowest BCUT2D eigenvalue weighted by Gasteiger charge is -2.27. The maximum absolute atomic E-state index is 15.6. The molecule has 8 rings (SSSR count). The molecule has 0 spiro atoms. The van der Waals surface area contributed by atoms with Gasteiger partial charge >= 0.3 is 5.97 Å². The number of carboxylic acids is 1. The fraction of sp³-hybridized carbons (Fsp3) is 0.243. The van der Waals surface area contributed by atoms with Crippen molar-refractivity contribution in [3.05, 3.63) is 119 Å². The van der Waals surface area contributed by atoms with Crippen molar-refractivity contribution in [1.29, 1.82) is 0 Å². The third-order valence-corrected chi connectivity index (χ3v) is 9.10. The van der Waals surface area contributed by atoms with Gasteiger partial charge in [-0.15, -0.1) is 0 Å². The van der Waals surface area contributed by atoms with E-state index in [0.717, 1.165) is 24.1 Å². The van der Waals surface area contributed by atoms with Crippen LogP contribution in [0.25, 0.3) is 33.4 Å². The molecule has 1 N–H and O–H groups in total. The smallest absolute Gasteiger partial charge is 0.335 e. The summed E-state index contributed by atoms with van der Waals surface area (Å²) in [5, 5.41) is 13.9. The molecule has 6 aromatic rings. The van der Waals surface area contributed by atoms with Crippen molar-refractivity contribution in [2.45, 2.75) is 38.1 Å². The van der Waals surface area contributed by atoms with Crippen LogP contribution in [0.2, 0.25) is 0 Å². The molecule has 5 heterocycles. The van der Waals surface area contributed by atoms with Crippen LogP contribution in [0.15, 0.2) is 79.1 Å². The summed E-state index contributed by atoms with van der Waals surface area (Å²) in [5.74, 6) is -2.32. The number of imidazole rings is 1. The predicted molar refractivity (Wildman–Crippen MR) is 175 cm³/mol. The van der Waals surface area contributed by atoms with Crippen molar-refractivity contribution >= 4 is 17.0 Å². The third kappa shape index (κ3) is 6.21. The third-order valence-electron chi connectivity index (χ3n) is 9.10. The van der Waals surface area contributed by atoms with Gasteiger partial charge in [-0.2, -0.15) is 5.10 Å². The topological polar surface area (TPSA) is 114 Å². The molecule has 0 amide bonds. The van der Waals surface area contributed by atoms with Gasteiger partial charge in [-0.1, -0.05) is 18.2 Å². The zero-order valence-corrected chi connectivity index (χ0v) is 26.6. The first-order valence-electron chi connectivity index (χ1n) is 16.1. The maximum atomic E-state index is 15.6. The molecule has 13 heteroatoms. The highest BCUT2D eigenvalue weighted by atomic mass is 19.1. The molecule has 3 aromatic heterocycles. The van der Waals surface area contributed by atoms with Crippen LogP contribution in [0.5, 0.6) is 5.88 Å². The molecule has 1 atom stereocenters. The number of aromatic carboxylic acids is 1. The van der Waals surface area contributed by atoms with Crippen LogP contribution < -0.4 is 4.74 Å². The van der Waals surface area contributed by atoms with E-state index in [1.54, 1.807) is 36.5 Å². The Balaban J connectivity index is 0.991. The number of carbonyl (C=O) groups is 1. The minimum Gasteiger partial charge on any atom is -0.478 e. The first-order valence-corrected chi connectivity index (χ1v) is 16.1. The number of pyridine rings is 1. The number of carboxylic acid groups (broad SMARTS) is 1. The van der Waals surface area contributed by atoms with Gasteiger partial charge in [0.2, 0.25) is 5.88 Å². The second-order valence-electron chi connectivity index (χ2n) is 12.4. The van der Waals surface area contributed by atoms with Gasteiger partial charge in [0, 0.05) is 42.0 Å². The zero-order chi connectivity index (χ0) is 34.4. The molecular weight excluding hydrogens is 651 g/mol. The number of ether oxygens (including phenoxy) is 3. The van der Waals surface area contributed by atoms with Crippen molar-refractivity contribution in [1.82, 2.24) is 24.3 Å². The standard InChI is InChI=1S/C37H30F3N5O5/c38-29-10-21(25-15-41-45(16-25)26-19-48-20-26)4-5-23(29)18-50-36-3-1-2-32(43-36)28-14-30(39)24(11-31(28)40)13-35-42-33-7-6-22(37(46)47)12-34(33)44(35)17-27-8-9-49-27/h1-7,10-12,14-16,26-27H,8-9,13,17-20H2,(H,46,47)/t27-/m0/s1. The Labute approximate surface area is 283 Å². The van der Waals surface area contributed by atoms with E-state index in [1.807, 2.05) is 15.4 Å². The van der Waals surface area contributed by atoms with E-state index in [9.17, 15) is 9.90 Å². The van der Waals surface area contributed by atoms with Gasteiger partial charge in [-0.25, -0.2) is 27.9 Å². The zero-order valence-electron chi connectivity index (χ0n) is 26.6. The Morgan fingerprint density at radius 2 is 1.78 bits per heavy atom. The van der Waals surface area contributed by atoms with E-state index >= 15 is 13.2 Å². The minimum atomic E-state index is -1.07. The van der Waals surface area contributed by atoms with Gasteiger partial charge in [-0.05, 0) is 60.0 Å². The van der Waals surface area contributed by atoms with Crippen molar-refractivity contribution in [3.63, 3.8) is 0 Å². The minimum absolute atomic E-state index is 0.0361. The summed E-state index contributed by atoms with van der Waals surface area (Å²) in [5.41, 5.74) is 3.15. The largest absolute Gasteiger partial charge is 0.478 e. The summed E-state index contributed by atoms with van der Waals surface area (Å²) < 4.78 is 66.5. The van der Waals surface area contributed by atoms with Gasteiger partial charge in [-0.3, -0.25) is 4.68 Å². The van der Waals surface area contributed by atoms with Crippen LogP contribution in [0.3, 0.4) is 0 Å². The first-order chi connectivity index (χ1) is 24.3. The Morgan fingerprint density at radius 1 is 0.940 bits per heavy atom. The average molecular weight is 682 g/mol. The highest BCUT2D eigenvalue weighted by Gasteiger charge is 2.24. The van der Waals surface area contributed by atoms with Crippen molar-refractivity contribution in [2.75, 3.05) is 19.8 Å². The molecule has 0 unspecified atom stereocenters. The van der Waals surface area contributed by atoms with Gasteiger partial charge < -0.3 is 23.9 Å². The van der Waals surface area contributed by atoms with Crippen LogP contribution in [-0.4, -0.2) is 61.3 Å². The molecule has 2 fully saturated rings. The fourth-order valence-electron chi connectivity index (χ4n) is 6.07. The van der Waals surface area contributed by atoms with Gasteiger partial charge in [0.15, 0.2) is 0 Å². The molecule has 10 nitrogen and oxygen atoms in total. The van der Waals surface area contributed by atoms with Crippen LogP contribution in [0.1, 0.15) is 39.8 Å². The lowest BCUT2D eigenvalue weighted by atomic mass is 10.0.